The lowest BCUT2D eigenvalue weighted by Gasteiger charge is -2.24. The highest BCUT2D eigenvalue weighted by atomic mass is 32.2. The maximum absolute atomic E-state index is 13.9. The van der Waals surface area contributed by atoms with Crippen LogP contribution in [0.15, 0.2) is 41.3 Å². The molecule has 0 aliphatic carbocycles. The van der Waals surface area contributed by atoms with Crippen molar-refractivity contribution in [3.05, 3.63) is 59.4 Å². The Morgan fingerprint density at radius 2 is 1.74 bits per heavy atom. The number of sulfonamides is 1. The maximum Gasteiger partial charge on any atom is 0.264 e. The summed E-state index contributed by atoms with van der Waals surface area (Å²) in [6.45, 7) is 0.460. The van der Waals surface area contributed by atoms with Gasteiger partial charge in [0.25, 0.3) is 10.0 Å². The van der Waals surface area contributed by atoms with Crippen LogP contribution in [0.1, 0.15) is 5.56 Å². The molecule has 8 heteroatoms. The van der Waals surface area contributed by atoms with Crippen LogP contribution in [0.25, 0.3) is 0 Å². The molecule has 0 aliphatic rings. The molecule has 0 radical (unpaired) electrons. The number of halogens is 3. The first-order valence-electron chi connectivity index (χ1n) is 6.61. The first-order valence-corrected chi connectivity index (χ1v) is 8.05. The Balaban J connectivity index is 2.59. The summed E-state index contributed by atoms with van der Waals surface area (Å²) in [5.41, 5.74) is -0.0607. The Labute approximate surface area is 131 Å². The molecule has 0 aliphatic heterocycles. The van der Waals surface area contributed by atoms with Crippen LogP contribution in [0, 0.1) is 24.4 Å². The van der Waals surface area contributed by atoms with E-state index in [2.05, 4.69) is 0 Å². The lowest BCUT2D eigenvalue weighted by atomic mass is 10.2. The quantitative estimate of drug-likeness (QED) is 0.906. The monoisotopic (exact) mass is 345 g/mol. The number of anilines is 1. The predicted molar refractivity (Wildman–Crippen MR) is 79.1 cm³/mol. The fourth-order valence-electron chi connectivity index (χ4n) is 2.12. The van der Waals surface area contributed by atoms with E-state index in [1.807, 2.05) is 0 Å². The SMILES string of the molecule is Cc1cc(F)cc(S(=O)(=O)N(CCO)c2ccc(F)cc2F)c1. The third-order valence-corrected chi connectivity index (χ3v) is 4.88. The van der Waals surface area contributed by atoms with Gasteiger partial charge in [-0.1, -0.05) is 0 Å². The van der Waals surface area contributed by atoms with E-state index in [0.717, 1.165) is 24.3 Å². The molecular weight excluding hydrogens is 331 g/mol. The van der Waals surface area contributed by atoms with Crippen molar-refractivity contribution < 1.29 is 26.7 Å². The van der Waals surface area contributed by atoms with E-state index < -0.39 is 46.3 Å². The summed E-state index contributed by atoms with van der Waals surface area (Å²) in [6.07, 6.45) is 0. The summed E-state index contributed by atoms with van der Waals surface area (Å²) in [6, 6.07) is 5.55. The van der Waals surface area contributed by atoms with E-state index in [4.69, 9.17) is 5.11 Å². The van der Waals surface area contributed by atoms with Crippen molar-refractivity contribution in [2.75, 3.05) is 17.5 Å². The van der Waals surface area contributed by atoms with Crippen LogP contribution in [0.2, 0.25) is 0 Å². The van der Waals surface area contributed by atoms with Crippen LogP contribution < -0.4 is 4.31 Å². The average molecular weight is 345 g/mol. The molecule has 2 aromatic carbocycles. The second kappa shape index (κ2) is 6.59. The van der Waals surface area contributed by atoms with Gasteiger partial charge in [-0.25, -0.2) is 21.6 Å². The van der Waals surface area contributed by atoms with E-state index in [9.17, 15) is 21.6 Å². The smallest absolute Gasteiger partial charge is 0.264 e. The van der Waals surface area contributed by atoms with Gasteiger partial charge in [0.05, 0.1) is 23.7 Å². The summed E-state index contributed by atoms with van der Waals surface area (Å²) >= 11 is 0. The molecule has 2 aromatic rings. The minimum Gasteiger partial charge on any atom is -0.394 e. The predicted octanol–water partition coefficient (Wildman–Crippen LogP) is 2.60. The Bertz CT molecular complexity index is 804. The summed E-state index contributed by atoms with van der Waals surface area (Å²) < 4.78 is 66.3. The molecule has 1 N–H and O–H groups in total. The van der Waals surface area contributed by atoms with E-state index in [-0.39, 0.29) is 4.90 Å². The van der Waals surface area contributed by atoms with Crippen LogP contribution in [0.3, 0.4) is 0 Å². The minimum absolute atomic E-state index is 0.368. The molecule has 4 nitrogen and oxygen atoms in total. The lowest BCUT2D eigenvalue weighted by molar-refractivity contribution is 0.306. The van der Waals surface area contributed by atoms with Gasteiger partial charge in [-0.3, -0.25) is 4.31 Å². The zero-order chi connectivity index (χ0) is 17.2. The summed E-state index contributed by atoms with van der Waals surface area (Å²) in [7, 11) is -4.33. The Hall–Kier alpha value is -2.06. The van der Waals surface area contributed by atoms with Crippen molar-refractivity contribution in [1.29, 1.82) is 0 Å². The minimum atomic E-state index is -4.33. The number of nitrogens with zero attached hydrogens (tertiary/aromatic N) is 1. The third-order valence-electron chi connectivity index (χ3n) is 3.09. The Morgan fingerprint density at radius 3 is 2.30 bits per heavy atom. The number of aliphatic hydroxyl groups is 1. The first-order chi connectivity index (χ1) is 10.8. The van der Waals surface area contributed by atoms with Crippen molar-refractivity contribution in [3.8, 4) is 0 Å². The normalized spacial score (nSPS) is 11.5. The summed E-state index contributed by atoms with van der Waals surface area (Å²) in [4.78, 5) is -0.382. The molecule has 0 aromatic heterocycles. The number of benzene rings is 2. The van der Waals surface area contributed by atoms with Crippen molar-refractivity contribution in [1.82, 2.24) is 0 Å². The zero-order valence-corrected chi connectivity index (χ0v) is 12.9. The largest absolute Gasteiger partial charge is 0.394 e. The third kappa shape index (κ3) is 3.65. The van der Waals surface area contributed by atoms with E-state index in [1.165, 1.54) is 13.0 Å². The van der Waals surface area contributed by atoms with Gasteiger partial charge in [-0.15, -0.1) is 0 Å². The van der Waals surface area contributed by atoms with E-state index in [0.29, 0.717) is 15.9 Å². The average Bonchev–Trinajstić information content (AvgIpc) is 2.44. The van der Waals surface area contributed by atoms with Gasteiger partial charge >= 0.3 is 0 Å². The van der Waals surface area contributed by atoms with Crippen molar-refractivity contribution >= 4 is 15.7 Å². The van der Waals surface area contributed by atoms with Crippen LogP contribution in [-0.2, 0) is 10.0 Å². The number of hydrogen-bond acceptors (Lipinski definition) is 3. The lowest BCUT2D eigenvalue weighted by Crippen LogP contribution is -2.34. The van der Waals surface area contributed by atoms with Gasteiger partial charge < -0.3 is 5.11 Å². The molecule has 23 heavy (non-hydrogen) atoms. The van der Waals surface area contributed by atoms with E-state index in [1.54, 1.807) is 0 Å². The van der Waals surface area contributed by atoms with Crippen LogP contribution in [0.4, 0.5) is 18.9 Å². The highest BCUT2D eigenvalue weighted by molar-refractivity contribution is 7.92. The Kier molecular flexibility index (Phi) is 4.96. The number of hydrogen-bond donors (Lipinski definition) is 1. The molecule has 0 saturated heterocycles. The topological polar surface area (TPSA) is 57.6 Å². The van der Waals surface area contributed by atoms with Gasteiger partial charge in [0.15, 0.2) is 0 Å². The number of rotatable bonds is 5. The first kappa shape index (κ1) is 17.3. The Morgan fingerprint density at radius 1 is 1.04 bits per heavy atom. The number of aliphatic hydroxyl groups excluding tert-OH is 1. The van der Waals surface area contributed by atoms with Crippen molar-refractivity contribution in [2.24, 2.45) is 0 Å². The van der Waals surface area contributed by atoms with Gasteiger partial charge in [-0.2, -0.15) is 0 Å². The van der Waals surface area contributed by atoms with Crippen molar-refractivity contribution in [2.45, 2.75) is 11.8 Å². The van der Waals surface area contributed by atoms with Crippen LogP contribution >= 0.6 is 0 Å². The highest BCUT2D eigenvalue weighted by Gasteiger charge is 2.27. The molecule has 0 heterocycles. The maximum atomic E-state index is 13.9. The second-order valence-electron chi connectivity index (χ2n) is 4.86. The molecule has 2 rings (SSSR count). The fraction of sp³-hybridized carbons (Fsp3) is 0.200. The molecule has 0 amide bonds. The van der Waals surface area contributed by atoms with Gasteiger partial charge in [0.1, 0.15) is 17.5 Å². The molecule has 0 unspecified atom stereocenters. The number of aryl methyl sites for hydroxylation is 1. The second-order valence-corrected chi connectivity index (χ2v) is 6.72. The molecule has 0 saturated carbocycles. The molecular formula is C15H14F3NO3S. The molecule has 0 spiro atoms. The summed E-state index contributed by atoms with van der Waals surface area (Å²) in [5, 5.41) is 9.09. The van der Waals surface area contributed by atoms with Gasteiger partial charge in [0.2, 0.25) is 0 Å². The van der Waals surface area contributed by atoms with Crippen LogP contribution in [0.5, 0.6) is 0 Å². The zero-order valence-electron chi connectivity index (χ0n) is 12.1. The van der Waals surface area contributed by atoms with Crippen molar-refractivity contribution in [3.63, 3.8) is 0 Å². The molecule has 124 valence electrons. The van der Waals surface area contributed by atoms with E-state index >= 15 is 0 Å². The van der Waals surface area contributed by atoms with Gasteiger partial charge in [-0.05, 0) is 42.8 Å². The molecule has 0 atom stereocenters. The molecule has 0 bridgehead atoms. The van der Waals surface area contributed by atoms with Crippen LogP contribution in [-0.4, -0.2) is 26.7 Å². The van der Waals surface area contributed by atoms with Gasteiger partial charge in [0, 0.05) is 6.07 Å². The highest BCUT2D eigenvalue weighted by Crippen LogP contribution is 2.27. The molecule has 0 fully saturated rings. The standard InChI is InChI=1S/C15H14F3NO3S/c1-10-6-12(17)8-13(7-10)23(21,22)19(4-5-20)15-3-2-11(16)9-14(15)18/h2-3,6-9,20H,4-5H2,1H3. The fourth-order valence-corrected chi connectivity index (χ4v) is 3.70. The summed E-state index contributed by atoms with van der Waals surface area (Å²) in [5.74, 6) is -2.73.